The molecule has 1 aromatic rings. The first-order chi connectivity index (χ1) is 9.61. The molecule has 1 aliphatic carbocycles. The fourth-order valence-electron chi connectivity index (χ4n) is 2.27. The highest BCUT2D eigenvalue weighted by Crippen LogP contribution is 2.28. The van der Waals surface area contributed by atoms with Gasteiger partial charge in [-0.3, -0.25) is 14.9 Å². The number of nitrogens with zero attached hydrogens (tertiary/aromatic N) is 1. The van der Waals surface area contributed by atoms with Gasteiger partial charge < -0.3 is 10.2 Å². The van der Waals surface area contributed by atoms with Crippen molar-refractivity contribution in [2.24, 2.45) is 0 Å². The van der Waals surface area contributed by atoms with Crippen LogP contribution >= 0.6 is 11.6 Å². The van der Waals surface area contributed by atoms with E-state index in [9.17, 15) is 9.59 Å². The lowest BCUT2D eigenvalue weighted by Gasteiger charge is -2.28. The maximum Gasteiger partial charge on any atom is 0.246 e. The van der Waals surface area contributed by atoms with Crippen LogP contribution in [0.2, 0.25) is 5.02 Å². The van der Waals surface area contributed by atoms with Gasteiger partial charge in [0.1, 0.15) is 0 Å². The first kappa shape index (κ1) is 13.4. The molecule has 2 N–H and O–H groups in total. The van der Waals surface area contributed by atoms with Crippen molar-refractivity contribution in [3.05, 3.63) is 28.8 Å². The van der Waals surface area contributed by atoms with Crippen LogP contribution in [-0.2, 0) is 16.1 Å². The summed E-state index contributed by atoms with van der Waals surface area (Å²) in [6, 6.07) is 6.39. The molecule has 2 aliphatic rings. The second-order valence-electron chi connectivity index (χ2n) is 5.27. The van der Waals surface area contributed by atoms with Gasteiger partial charge in [0.05, 0.1) is 23.8 Å². The van der Waals surface area contributed by atoms with Crippen molar-refractivity contribution in [3.8, 4) is 0 Å². The van der Waals surface area contributed by atoms with Gasteiger partial charge >= 0.3 is 0 Å². The highest BCUT2D eigenvalue weighted by molar-refractivity contribution is 6.33. The van der Waals surface area contributed by atoms with E-state index >= 15 is 0 Å². The third kappa shape index (κ3) is 3.11. The number of benzene rings is 1. The molecular formula is C14H16ClN3O2. The average molecular weight is 294 g/mol. The quantitative estimate of drug-likeness (QED) is 0.815. The summed E-state index contributed by atoms with van der Waals surface area (Å²) in [4.78, 5) is 24.5. The number of anilines is 1. The van der Waals surface area contributed by atoms with E-state index in [-0.39, 0.29) is 24.9 Å². The lowest BCUT2D eigenvalue weighted by Crippen LogP contribution is -2.51. The van der Waals surface area contributed by atoms with Crippen LogP contribution in [0.1, 0.15) is 18.4 Å². The molecule has 106 valence electrons. The fourth-order valence-corrected chi connectivity index (χ4v) is 2.60. The summed E-state index contributed by atoms with van der Waals surface area (Å²) in [6.45, 7) is 1.11. The summed E-state index contributed by atoms with van der Waals surface area (Å²) in [5.41, 5.74) is 1.84. The van der Waals surface area contributed by atoms with E-state index in [1.807, 2.05) is 18.2 Å². The van der Waals surface area contributed by atoms with Crippen molar-refractivity contribution >= 4 is 29.1 Å². The van der Waals surface area contributed by atoms with Crippen LogP contribution < -0.4 is 15.5 Å². The van der Waals surface area contributed by atoms with Crippen LogP contribution in [0, 0.1) is 0 Å². The van der Waals surface area contributed by atoms with Crippen LogP contribution in [0.5, 0.6) is 0 Å². The van der Waals surface area contributed by atoms with Gasteiger partial charge in [0.2, 0.25) is 11.8 Å². The normalized spacial score (nSPS) is 19.1. The Morgan fingerprint density at radius 2 is 1.95 bits per heavy atom. The summed E-state index contributed by atoms with van der Waals surface area (Å²) < 4.78 is 0. The monoisotopic (exact) mass is 293 g/mol. The molecule has 0 aromatic heterocycles. The number of halogens is 1. The van der Waals surface area contributed by atoms with E-state index in [1.54, 1.807) is 4.90 Å². The topological polar surface area (TPSA) is 61.4 Å². The highest BCUT2D eigenvalue weighted by Gasteiger charge is 2.24. The molecule has 1 aliphatic heterocycles. The van der Waals surface area contributed by atoms with Crippen LogP contribution in [-0.4, -0.2) is 30.9 Å². The molecule has 2 amide bonds. The Morgan fingerprint density at radius 3 is 2.55 bits per heavy atom. The molecule has 2 fully saturated rings. The Bertz CT molecular complexity index is 541. The van der Waals surface area contributed by atoms with Gasteiger partial charge in [-0.1, -0.05) is 17.7 Å². The minimum absolute atomic E-state index is 0.158. The minimum atomic E-state index is -0.295. The number of carbonyl (C=O) groups excluding carboxylic acids is 2. The van der Waals surface area contributed by atoms with Crippen molar-refractivity contribution in [3.63, 3.8) is 0 Å². The Kier molecular flexibility index (Phi) is 3.63. The predicted octanol–water partition coefficient (Wildman–Crippen LogP) is 1.05. The highest BCUT2D eigenvalue weighted by atomic mass is 35.5. The second-order valence-corrected chi connectivity index (χ2v) is 5.68. The van der Waals surface area contributed by atoms with Gasteiger partial charge in [0, 0.05) is 12.6 Å². The maximum absolute atomic E-state index is 11.4. The average Bonchev–Trinajstić information content (AvgIpc) is 3.19. The first-order valence-corrected chi connectivity index (χ1v) is 7.09. The van der Waals surface area contributed by atoms with E-state index in [1.165, 1.54) is 12.8 Å². The van der Waals surface area contributed by atoms with Crippen molar-refractivity contribution in [1.82, 2.24) is 10.6 Å². The lowest BCUT2D eigenvalue weighted by molar-refractivity contribution is -0.130. The van der Waals surface area contributed by atoms with E-state index < -0.39 is 0 Å². The summed E-state index contributed by atoms with van der Waals surface area (Å²) in [7, 11) is 0. The SMILES string of the molecule is O=C1CN(c2ccc(CNC3CC3)cc2Cl)CC(=O)N1. The van der Waals surface area contributed by atoms with E-state index in [0.717, 1.165) is 17.8 Å². The zero-order valence-corrected chi connectivity index (χ0v) is 11.7. The second kappa shape index (κ2) is 5.42. The molecule has 5 nitrogen and oxygen atoms in total. The predicted molar refractivity (Wildman–Crippen MR) is 76.7 cm³/mol. The summed E-state index contributed by atoms with van der Waals surface area (Å²) in [5, 5.41) is 6.27. The molecule has 1 aromatic carbocycles. The summed E-state index contributed by atoms with van der Waals surface area (Å²) in [6.07, 6.45) is 2.49. The van der Waals surface area contributed by atoms with Crippen molar-refractivity contribution in [2.45, 2.75) is 25.4 Å². The number of carbonyl (C=O) groups is 2. The number of hydrogen-bond donors (Lipinski definition) is 2. The number of rotatable bonds is 4. The number of amides is 2. The molecule has 1 heterocycles. The first-order valence-electron chi connectivity index (χ1n) is 6.71. The van der Waals surface area contributed by atoms with Gasteiger partial charge in [0.25, 0.3) is 0 Å². The van der Waals surface area contributed by atoms with E-state index in [4.69, 9.17) is 11.6 Å². The van der Waals surface area contributed by atoms with Crippen LogP contribution in [0.3, 0.4) is 0 Å². The molecule has 0 atom stereocenters. The van der Waals surface area contributed by atoms with Crippen LogP contribution in [0.25, 0.3) is 0 Å². The number of piperazine rings is 1. The third-order valence-corrected chi connectivity index (χ3v) is 3.78. The lowest BCUT2D eigenvalue weighted by atomic mass is 10.1. The Labute approximate surface area is 122 Å². The molecule has 20 heavy (non-hydrogen) atoms. The maximum atomic E-state index is 11.4. The van der Waals surface area contributed by atoms with Crippen molar-refractivity contribution < 1.29 is 9.59 Å². The standard InChI is InChI=1S/C14H16ClN3O2/c15-11-5-9(6-16-10-2-3-10)1-4-12(11)18-7-13(19)17-14(20)8-18/h1,4-5,10,16H,2-3,6-8H2,(H,17,19,20). The smallest absolute Gasteiger partial charge is 0.246 e. The molecule has 1 saturated carbocycles. The van der Waals surface area contributed by atoms with Gasteiger partial charge in [-0.2, -0.15) is 0 Å². The molecule has 0 bridgehead atoms. The fraction of sp³-hybridized carbons (Fsp3) is 0.429. The molecular weight excluding hydrogens is 278 g/mol. The van der Waals surface area contributed by atoms with Gasteiger partial charge in [-0.05, 0) is 30.5 Å². The zero-order chi connectivity index (χ0) is 14.1. The van der Waals surface area contributed by atoms with Crippen molar-refractivity contribution in [2.75, 3.05) is 18.0 Å². The summed E-state index contributed by atoms with van der Waals surface area (Å²) in [5.74, 6) is -0.589. The molecule has 0 unspecified atom stereocenters. The van der Waals surface area contributed by atoms with Gasteiger partial charge in [-0.15, -0.1) is 0 Å². The summed E-state index contributed by atoms with van der Waals surface area (Å²) >= 11 is 6.28. The number of hydrogen-bond acceptors (Lipinski definition) is 4. The molecule has 3 rings (SSSR count). The molecule has 0 spiro atoms. The minimum Gasteiger partial charge on any atom is -0.352 e. The molecule has 1 saturated heterocycles. The van der Waals surface area contributed by atoms with E-state index in [0.29, 0.717) is 11.1 Å². The number of nitrogens with one attached hydrogen (secondary N) is 2. The van der Waals surface area contributed by atoms with Gasteiger partial charge in [-0.25, -0.2) is 0 Å². The van der Waals surface area contributed by atoms with Gasteiger partial charge in [0.15, 0.2) is 0 Å². The Balaban J connectivity index is 1.72. The number of imide groups is 1. The Hall–Kier alpha value is -1.59. The third-order valence-electron chi connectivity index (χ3n) is 3.47. The van der Waals surface area contributed by atoms with Crippen LogP contribution in [0.15, 0.2) is 18.2 Å². The van der Waals surface area contributed by atoms with E-state index in [2.05, 4.69) is 10.6 Å². The zero-order valence-electron chi connectivity index (χ0n) is 11.0. The molecule has 6 heteroatoms. The largest absolute Gasteiger partial charge is 0.352 e. The molecule has 0 radical (unpaired) electrons. The van der Waals surface area contributed by atoms with Crippen molar-refractivity contribution in [1.29, 1.82) is 0 Å². The Morgan fingerprint density at radius 1 is 1.25 bits per heavy atom. The van der Waals surface area contributed by atoms with Crippen LogP contribution in [0.4, 0.5) is 5.69 Å².